The first-order valence-corrected chi connectivity index (χ1v) is 9.76. The molecule has 10 heteroatoms. The molecule has 4 rings (SSSR count). The highest BCUT2D eigenvalue weighted by Gasteiger charge is 2.47. The molecule has 31 heavy (non-hydrogen) atoms. The first-order chi connectivity index (χ1) is 14.8. The van der Waals surface area contributed by atoms with E-state index in [4.69, 9.17) is 25.8 Å². The Morgan fingerprint density at radius 2 is 2.00 bits per heavy atom. The molecule has 0 saturated carbocycles. The van der Waals surface area contributed by atoms with Crippen LogP contribution in [0.5, 0.6) is 11.5 Å². The zero-order valence-electron chi connectivity index (χ0n) is 16.6. The number of hydrogen-bond acceptors (Lipinski definition) is 6. The van der Waals surface area contributed by atoms with Crippen molar-refractivity contribution < 1.29 is 33.0 Å². The number of amides is 2. The number of hydrogen-bond donors (Lipinski definition) is 1. The molecular weight excluding hydrogens is 431 g/mol. The molecule has 2 atom stereocenters. The van der Waals surface area contributed by atoms with Crippen molar-refractivity contribution >= 4 is 35.1 Å². The van der Waals surface area contributed by atoms with Crippen LogP contribution in [-0.4, -0.2) is 42.9 Å². The van der Waals surface area contributed by atoms with Crippen molar-refractivity contribution in [2.75, 3.05) is 19.5 Å². The van der Waals surface area contributed by atoms with E-state index in [1.165, 1.54) is 31.3 Å². The SMILES string of the molecule is COc1ccc2c(c1OC)C(=O)O[C@H]2N1C(=O)CC[C@H]1C(=O)Nc1ccc(F)c(Cl)c1. The van der Waals surface area contributed by atoms with Crippen molar-refractivity contribution in [2.45, 2.75) is 25.1 Å². The number of cyclic esters (lactones) is 1. The van der Waals surface area contributed by atoms with Crippen molar-refractivity contribution in [3.05, 3.63) is 52.3 Å². The van der Waals surface area contributed by atoms with E-state index in [0.717, 1.165) is 6.07 Å². The van der Waals surface area contributed by atoms with Gasteiger partial charge in [0.1, 0.15) is 17.4 Å². The summed E-state index contributed by atoms with van der Waals surface area (Å²) in [4.78, 5) is 39.4. The molecule has 0 radical (unpaired) electrons. The second-order valence-electron chi connectivity index (χ2n) is 7.00. The fourth-order valence-corrected chi connectivity index (χ4v) is 4.02. The van der Waals surface area contributed by atoms with E-state index in [2.05, 4.69) is 5.32 Å². The molecule has 2 aliphatic heterocycles. The molecule has 2 amide bonds. The molecule has 162 valence electrons. The average molecular weight is 449 g/mol. The molecule has 0 aromatic heterocycles. The number of benzene rings is 2. The van der Waals surface area contributed by atoms with E-state index in [1.807, 2.05) is 0 Å². The zero-order chi connectivity index (χ0) is 22.3. The van der Waals surface area contributed by atoms with Gasteiger partial charge in [0.15, 0.2) is 11.5 Å². The van der Waals surface area contributed by atoms with Crippen LogP contribution in [0.3, 0.4) is 0 Å². The predicted octanol–water partition coefficient (Wildman–Crippen LogP) is 3.30. The van der Waals surface area contributed by atoms with Crippen molar-refractivity contribution in [2.24, 2.45) is 0 Å². The van der Waals surface area contributed by atoms with Gasteiger partial charge in [-0.1, -0.05) is 11.6 Å². The molecule has 0 unspecified atom stereocenters. The molecule has 2 aliphatic rings. The Hall–Kier alpha value is -3.33. The fraction of sp³-hybridized carbons (Fsp3) is 0.286. The van der Waals surface area contributed by atoms with E-state index in [1.54, 1.807) is 12.1 Å². The second kappa shape index (κ2) is 8.07. The number of nitrogens with one attached hydrogen (secondary N) is 1. The molecule has 1 N–H and O–H groups in total. The molecule has 1 fully saturated rings. The highest BCUT2D eigenvalue weighted by molar-refractivity contribution is 6.31. The Kier molecular flexibility index (Phi) is 5.45. The van der Waals surface area contributed by atoms with Crippen molar-refractivity contribution in [1.29, 1.82) is 0 Å². The Labute approximate surface area is 181 Å². The van der Waals surface area contributed by atoms with Gasteiger partial charge < -0.3 is 19.5 Å². The molecule has 8 nitrogen and oxygen atoms in total. The van der Waals surface area contributed by atoms with Crippen molar-refractivity contribution in [3.8, 4) is 11.5 Å². The highest BCUT2D eigenvalue weighted by Crippen LogP contribution is 2.45. The lowest BCUT2D eigenvalue weighted by molar-refractivity contribution is -0.144. The molecule has 0 bridgehead atoms. The molecule has 2 aromatic rings. The normalized spacial score (nSPS) is 19.8. The number of nitrogens with zero attached hydrogens (tertiary/aromatic N) is 1. The fourth-order valence-electron chi connectivity index (χ4n) is 3.84. The van der Waals surface area contributed by atoms with E-state index in [0.29, 0.717) is 11.3 Å². The minimum atomic E-state index is -1.08. The van der Waals surface area contributed by atoms with Crippen molar-refractivity contribution in [1.82, 2.24) is 4.90 Å². The third kappa shape index (κ3) is 3.54. The summed E-state index contributed by atoms with van der Waals surface area (Å²) >= 11 is 5.77. The lowest BCUT2D eigenvalue weighted by Crippen LogP contribution is -2.43. The highest BCUT2D eigenvalue weighted by atomic mass is 35.5. The first kappa shape index (κ1) is 20.9. The summed E-state index contributed by atoms with van der Waals surface area (Å²) in [5.41, 5.74) is 0.836. The number of ether oxygens (including phenoxy) is 3. The number of methoxy groups -OCH3 is 2. The maximum atomic E-state index is 13.4. The van der Waals surface area contributed by atoms with E-state index < -0.39 is 30.0 Å². The predicted molar refractivity (Wildman–Crippen MR) is 108 cm³/mol. The first-order valence-electron chi connectivity index (χ1n) is 9.38. The number of esters is 1. The maximum Gasteiger partial charge on any atom is 0.344 e. The van der Waals surface area contributed by atoms with Crippen molar-refractivity contribution in [3.63, 3.8) is 0 Å². The third-order valence-electron chi connectivity index (χ3n) is 5.26. The Morgan fingerprint density at radius 3 is 2.68 bits per heavy atom. The molecule has 1 saturated heterocycles. The summed E-state index contributed by atoms with van der Waals surface area (Å²) in [7, 11) is 2.83. The molecule has 2 aromatic carbocycles. The number of rotatable bonds is 5. The van der Waals surface area contributed by atoms with Crippen LogP contribution < -0.4 is 14.8 Å². The largest absolute Gasteiger partial charge is 0.493 e. The quantitative estimate of drug-likeness (QED) is 0.705. The maximum absolute atomic E-state index is 13.4. The van der Waals surface area contributed by atoms with Gasteiger partial charge in [-0.15, -0.1) is 0 Å². The number of carbonyl (C=O) groups is 3. The van der Waals surface area contributed by atoms with Gasteiger partial charge in [-0.3, -0.25) is 14.5 Å². The van der Waals surface area contributed by atoms with Crippen LogP contribution in [0.2, 0.25) is 5.02 Å². The number of anilines is 1. The summed E-state index contributed by atoms with van der Waals surface area (Å²) in [6.07, 6.45) is -0.736. The van der Waals surface area contributed by atoms with Gasteiger partial charge in [-0.2, -0.15) is 0 Å². The Bertz CT molecular complexity index is 1090. The number of carbonyl (C=O) groups excluding carboxylic acids is 3. The number of likely N-dealkylation sites (tertiary alicyclic amines) is 1. The second-order valence-corrected chi connectivity index (χ2v) is 7.40. The van der Waals surface area contributed by atoms with Crippen LogP contribution in [0.15, 0.2) is 30.3 Å². The van der Waals surface area contributed by atoms with E-state index >= 15 is 0 Å². The smallest absolute Gasteiger partial charge is 0.344 e. The molecule has 2 heterocycles. The minimum absolute atomic E-state index is 0.110. The van der Waals surface area contributed by atoms with Gasteiger partial charge in [-0.25, -0.2) is 9.18 Å². The average Bonchev–Trinajstić information content (AvgIpc) is 3.29. The van der Waals surface area contributed by atoms with Gasteiger partial charge in [0.05, 0.1) is 19.2 Å². The standard InChI is InChI=1S/C21H18ClFN2O6/c1-29-15-7-4-11-17(18(15)30-2)21(28)31-20(11)25-14(6-8-16(25)26)19(27)24-10-3-5-13(23)12(22)9-10/h3-5,7,9,14,20H,6,8H2,1-2H3,(H,24,27)/t14-,20+/m0/s1. The van der Waals surface area contributed by atoms with Crippen LogP contribution in [0.1, 0.15) is 35.0 Å². The Balaban J connectivity index is 1.64. The summed E-state index contributed by atoms with van der Waals surface area (Å²) < 4.78 is 29.4. The van der Waals surface area contributed by atoms with Crippen LogP contribution in [0.4, 0.5) is 10.1 Å². The lowest BCUT2D eigenvalue weighted by atomic mass is 10.1. The molecule has 0 aliphatic carbocycles. The summed E-state index contributed by atoms with van der Waals surface area (Å²) in [6.45, 7) is 0. The van der Waals surface area contributed by atoms with Gasteiger partial charge in [0.2, 0.25) is 18.0 Å². The zero-order valence-corrected chi connectivity index (χ0v) is 17.4. The Morgan fingerprint density at radius 1 is 1.23 bits per heavy atom. The van der Waals surface area contributed by atoms with Gasteiger partial charge in [0.25, 0.3) is 0 Å². The monoisotopic (exact) mass is 448 g/mol. The van der Waals surface area contributed by atoms with Gasteiger partial charge in [0, 0.05) is 17.7 Å². The lowest BCUT2D eigenvalue weighted by Gasteiger charge is -2.29. The van der Waals surface area contributed by atoms with Crippen LogP contribution >= 0.6 is 11.6 Å². The number of fused-ring (bicyclic) bond motifs is 1. The molecular formula is C21H18ClFN2O6. The summed E-state index contributed by atoms with van der Waals surface area (Å²) in [6, 6.07) is 6.08. The molecule has 0 spiro atoms. The van der Waals surface area contributed by atoms with Crippen LogP contribution in [0.25, 0.3) is 0 Å². The van der Waals surface area contributed by atoms with Gasteiger partial charge in [-0.05, 0) is 36.8 Å². The number of halogens is 2. The van der Waals surface area contributed by atoms with Gasteiger partial charge >= 0.3 is 5.97 Å². The van der Waals surface area contributed by atoms with E-state index in [-0.39, 0.29) is 40.8 Å². The topological polar surface area (TPSA) is 94.2 Å². The third-order valence-corrected chi connectivity index (χ3v) is 5.55. The minimum Gasteiger partial charge on any atom is -0.493 e. The summed E-state index contributed by atoms with van der Waals surface area (Å²) in [5, 5.41) is 2.49. The van der Waals surface area contributed by atoms with E-state index in [9.17, 15) is 18.8 Å². The van der Waals surface area contributed by atoms with Crippen LogP contribution in [0, 0.1) is 5.82 Å². The van der Waals surface area contributed by atoms with Crippen LogP contribution in [-0.2, 0) is 14.3 Å². The summed E-state index contributed by atoms with van der Waals surface area (Å²) in [5.74, 6) is -1.59.